The molecule has 1 aromatic carbocycles. The third-order valence-electron chi connectivity index (χ3n) is 2.36. The molecule has 0 aliphatic rings. The molecule has 2 aromatic rings. The van der Waals surface area contributed by atoms with Crippen LogP contribution in [0.1, 0.15) is 11.4 Å². The molecule has 0 amide bonds. The molecule has 2 rings (SSSR count). The van der Waals surface area contributed by atoms with Crippen molar-refractivity contribution in [1.82, 2.24) is 14.8 Å². The van der Waals surface area contributed by atoms with Crippen LogP contribution in [-0.2, 0) is 18.7 Å². The number of benzene rings is 1. The largest absolute Gasteiger partial charge is 0.308 e. The second kappa shape index (κ2) is 5.51. The number of rotatable bonds is 4. The highest BCUT2D eigenvalue weighted by atomic mass is 35.5. The first-order chi connectivity index (χ1) is 8.22. The van der Waals surface area contributed by atoms with E-state index in [2.05, 4.69) is 10.2 Å². The van der Waals surface area contributed by atoms with E-state index >= 15 is 0 Å². The molecule has 0 saturated heterocycles. The summed E-state index contributed by atoms with van der Waals surface area (Å²) in [4.78, 5) is 0. The zero-order chi connectivity index (χ0) is 12.3. The van der Waals surface area contributed by atoms with Crippen molar-refractivity contribution in [3.05, 3.63) is 41.5 Å². The van der Waals surface area contributed by atoms with E-state index in [9.17, 15) is 4.39 Å². The highest BCUT2D eigenvalue weighted by molar-refractivity contribution is 7.98. The van der Waals surface area contributed by atoms with Crippen LogP contribution < -0.4 is 0 Å². The molecule has 0 aliphatic carbocycles. The SMILES string of the molecule is Cn1c(CCl)nnc1SCc1ccccc1F. The third kappa shape index (κ3) is 2.79. The van der Waals surface area contributed by atoms with Gasteiger partial charge in [-0.05, 0) is 11.6 Å². The number of nitrogens with zero attached hydrogens (tertiary/aromatic N) is 3. The summed E-state index contributed by atoms with van der Waals surface area (Å²) in [6.07, 6.45) is 0. The smallest absolute Gasteiger partial charge is 0.191 e. The Hall–Kier alpha value is -1.07. The minimum atomic E-state index is -0.195. The lowest BCUT2D eigenvalue weighted by Crippen LogP contribution is -1.96. The van der Waals surface area contributed by atoms with E-state index in [1.165, 1.54) is 17.8 Å². The van der Waals surface area contributed by atoms with E-state index in [0.29, 0.717) is 23.0 Å². The van der Waals surface area contributed by atoms with Crippen LogP contribution in [0.3, 0.4) is 0 Å². The number of hydrogen-bond acceptors (Lipinski definition) is 3. The summed E-state index contributed by atoms with van der Waals surface area (Å²) in [5, 5.41) is 8.68. The number of hydrogen-bond donors (Lipinski definition) is 0. The van der Waals surface area contributed by atoms with Gasteiger partial charge in [0.1, 0.15) is 11.6 Å². The van der Waals surface area contributed by atoms with Crippen molar-refractivity contribution in [3.8, 4) is 0 Å². The monoisotopic (exact) mass is 271 g/mol. The van der Waals surface area contributed by atoms with Gasteiger partial charge < -0.3 is 4.57 Å². The van der Waals surface area contributed by atoms with E-state index < -0.39 is 0 Å². The van der Waals surface area contributed by atoms with Gasteiger partial charge in [0.25, 0.3) is 0 Å². The van der Waals surface area contributed by atoms with Crippen molar-refractivity contribution in [2.45, 2.75) is 16.8 Å². The molecular formula is C11H11ClFN3S. The summed E-state index contributed by atoms with van der Waals surface area (Å²) in [7, 11) is 1.85. The van der Waals surface area contributed by atoms with Gasteiger partial charge in [-0.2, -0.15) is 0 Å². The van der Waals surface area contributed by atoms with Gasteiger partial charge in [-0.25, -0.2) is 4.39 Å². The lowest BCUT2D eigenvalue weighted by Gasteiger charge is -2.03. The van der Waals surface area contributed by atoms with E-state index in [-0.39, 0.29) is 5.82 Å². The van der Waals surface area contributed by atoms with Crippen molar-refractivity contribution < 1.29 is 4.39 Å². The van der Waals surface area contributed by atoms with Crippen molar-refractivity contribution in [1.29, 1.82) is 0 Å². The van der Waals surface area contributed by atoms with Crippen LogP contribution in [0.5, 0.6) is 0 Å². The maximum Gasteiger partial charge on any atom is 0.191 e. The first-order valence-electron chi connectivity index (χ1n) is 5.03. The fraction of sp³-hybridized carbons (Fsp3) is 0.273. The molecule has 90 valence electrons. The molecular weight excluding hydrogens is 261 g/mol. The normalized spacial score (nSPS) is 10.8. The Balaban J connectivity index is 2.07. The van der Waals surface area contributed by atoms with Crippen LogP contribution in [0.4, 0.5) is 4.39 Å². The Morgan fingerprint density at radius 2 is 2.12 bits per heavy atom. The predicted molar refractivity (Wildman–Crippen MR) is 66.5 cm³/mol. The fourth-order valence-electron chi connectivity index (χ4n) is 1.34. The molecule has 0 aliphatic heterocycles. The second-order valence-corrected chi connectivity index (χ2v) is 4.68. The molecule has 0 saturated carbocycles. The van der Waals surface area contributed by atoms with E-state index in [0.717, 1.165) is 5.16 Å². The highest BCUT2D eigenvalue weighted by Crippen LogP contribution is 2.22. The number of halogens is 2. The molecule has 0 fully saturated rings. The number of thioether (sulfide) groups is 1. The molecule has 0 spiro atoms. The van der Waals surface area contributed by atoms with Gasteiger partial charge in [0.05, 0.1) is 5.88 Å². The molecule has 0 unspecified atom stereocenters. The van der Waals surface area contributed by atoms with Crippen LogP contribution in [0.25, 0.3) is 0 Å². The predicted octanol–water partition coefficient (Wildman–Crippen LogP) is 2.99. The van der Waals surface area contributed by atoms with Gasteiger partial charge in [0.2, 0.25) is 0 Å². The van der Waals surface area contributed by atoms with Crippen molar-refractivity contribution >= 4 is 23.4 Å². The van der Waals surface area contributed by atoms with Crippen LogP contribution in [0.15, 0.2) is 29.4 Å². The lowest BCUT2D eigenvalue weighted by atomic mass is 10.2. The van der Waals surface area contributed by atoms with Crippen LogP contribution in [-0.4, -0.2) is 14.8 Å². The lowest BCUT2D eigenvalue weighted by molar-refractivity contribution is 0.617. The topological polar surface area (TPSA) is 30.7 Å². The van der Waals surface area contributed by atoms with Crippen LogP contribution >= 0.6 is 23.4 Å². The van der Waals surface area contributed by atoms with Gasteiger partial charge in [-0.1, -0.05) is 30.0 Å². The zero-order valence-electron chi connectivity index (χ0n) is 9.23. The number of aromatic nitrogens is 3. The van der Waals surface area contributed by atoms with E-state index in [4.69, 9.17) is 11.6 Å². The Bertz CT molecular complexity index is 515. The molecule has 17 heavy (non-hydrogen) atoms. The minimum Gasteiger partial charge on any atom is -0.308 e. The van der Waals surface area contributed by atoms with E-state index in [1.54, 1.807) is 12.1 Å². The summed E-state index contributed by atoms with van der Waals surface area (Å²) in [6.45, 7) is 0. The maximum atomic E-state index is 13.4. The average Bonchev–Trinajstić information content (AvgIpc) is 2.69. The van der Waals surface area contributed by atoms with Gasteiger partial charge >= 0.3 is 0 Å². The molecule has 6 heteroatoms. The van der Waals surface area contributed by atoms with E-state index in [1.807, 2.05) is 17.7 Å². The zero-order valence-corrected chi connectivity index (χ0v) is 10.8. The van der Waals surface area contributed by atoms with Crippen molar-refractivity contribution in [2.24, 2.45) is 7.05 Å². The average molecular weight is 272 g/mol. The van der Waals surface area contributed by atoms with Gasteiger partial charge in [-0.15, -0.1) is 21.8 Å². The molecule has 0 radical (unpaired) electrons. The second-order valence-electron chi connectivity index (χ2n) is 3.47. The Labute approximate surface area is 108 Å². The van der Waals surface area contributed by atoms with Crippen molar-refractivity contribution in [2.75, 3.05) is 0 Å². The quantitative estimate of drug-likeness (QED) is 0.633. The molecule has 0 atom stereocenters. The summed E-state index contributed by atoms with van der Waals surface area (Å²) in [5.41, 5.74) is 0.660. The molecule has 0 N–H and O–H groups in total. The first-order valence-corrected chi connectivity index (χ1v) is 6.55. The van der Waals surface area contributed by atoms with Gasteiger partial charge in [0.15, 0.2) is 5.16 Å². The summed E-state index contributed by atoms with van der Waals surface area (Å²) in [6, 6.07) is 6.72. The molecule has 0 bridgehead atoms. The fourth-order valence-corrected chi connectivity index (χ4v) is 2.49. The standard InChI is InChI=1S/C11H11ClFN3S/c1-16-10(6-12)14-15-11(16)17-7-8-4-2-3-5-9(8)13/h2-5H,6-7H2,1H3. The molecule has 1 aromatic heterocycles. The Morgan fingerprint density at radius 1 is 1.35 bits per heavy atom. The third-order valence-corrected chi connectivity index (χ3v) is 3.67. The minimum absolute atomic E-state index is 0.195. The summed E-state index contributed by atoms with van der Waals surface area (Å²) in [5.74, 6) is 1.37. The summed E-state index contributed by atoms with van der Waals surface area (Å²) < 4.78 is 15.2. The first kappa shape index (κ1) is 12.4. The number of alkyl halides is 1. The van der Waals surface area contributed by atoms with Gasteiger partial charge in [0, 0.05) is 12.8 Å². The van der Waals surface area contributed by atoms with Crippen molar-refractivity contribution in [3.63, 3.8) is 0 Å². The molecule has 1 heterocycles. The Kier molecular flexibility index (Phi) is 4.02. The van der Waals surface area contributed by atoms with Gasteiger partial charge in [-0.3, -0.25) is 0 Å². The van der Waals surface area contributed by atoms with Crippen LogP contribution in [0.2, 0.25) is 0 Å². The van der Waals surface area contributed by atoms with Crippen LogP contribution in [0, 0.1) is 5.82 Å². The molecule has 3 nitrogen and oxygen atoms in total. The maximum absolute atomic E-state index is 13.4. The summed E-state index contributed by atoms with van der Waals surface area (Å²) >= 11 is 7.14. The Morgan fingerprint density at radius 3 is 2.76 bits per heavy atom. The highest BCUT2D eigenvalue weighted by Gasteiger charge is 2.09.